The molecular weight excluding hydrogens is 332 g/mol. The molecule has 132 valence electrons. The summed E-state index contributed by atoms with van der Waals surface area (Å²) >= 11 is 0. The summed E-state index contributed by atoms with van der Waals surface area (Å²) in [4.78, 5) is 4.73. The molecule has 2 aromatic rings. The highest BCUT2D eigenvalue weighted by Crippen LogP contribution is 2.29. The van der Waals surface area contributed by atoms with E-state index in [0.717, 1.165) is 26.2 Å². The van der Waals surface area contributed by atoms with Gasteiger partial charge in [0.1, 0.15) is 0 Å². The summed E-state index contributed by atoms with van der Waals surface area (Å²) in [6.45, 7) is 3.49. The molecule has 4 rings (SSSR count). The van der Waals surface area contributed by atoms with Crippen molar-refractivity contribution >= 4 is 9.84 Å². The second kappa shape index (κ2) is 6.90. The predicted molar refractivity (Wildman–Crippen MR) is 99.9 cm³/mol. The Morgan fingerprint density at radius 1 is 0.720 bits per heavy atom. The molecule has 25 heavy (non-hydrogen) atoms. The van der Waals surface area contributed by atoms with Gasteiger partial charge in [-0.2, -0.15) is 0 Å². The van der Waals surface area contributed by atoms with Crippen LogP contribution >= 0.6 is 0 Å². The molecule has 0 radical (unpaired) electrons. The smallest absolute Gasteiger partial charge is 0.153 e. The highest BCUT2D eigenvalue weighted by Gasteiger charge is 2.46. The lowest BCUT2D eigenvalue weighted by atomic mass is 10.0. The Labute approximate surface area is 150 Å². The maximum atomic E-state index is 12.3. The Morgan fingerprint density at radius 3 is 1.52 bits per heavy atom. The van der Waals surface area contributed by atoms with Crippen molar-refractivity contribution in [3.63, 3.8) is 0 Å². The van der Waals surface area contributed by atoms with Crippen LogP contribution in [0.1, 0.15) is 11.1 Å². The number of benzene rings is 2. The molecule has 2 aliphatic heterocycles. The van der Waals surface area contributed by atoms with E-state index in [9.17, 15) is 8.42 Å². The fraction of sp³-hybridized carbons (Fsp3) is 0.400. The fourth-order valence-corrected chi connectivity index (χ4v) is 6.17. The minimum absolute atomic E-state index is 0.0997. The lowest BCUT2D eigenvalue weighted by Crippen LogP contribution is -2.58. The van der Waals surface area contributed by atoms with E-state index >= 15 is 0 Å². The van der Waals surface area contributed by atoms with Gasteiger partial charge in [0.25, 0.3) is 0 Å². The van der Waals surface area contributed by atoms with Crippen LogP contribution < -0.4 is 0 Å². The van der Waals surface area contributed by atoms with Gasteiger partial charge in [-0.05, 0) is 11.1 Å². The summed E-state index contributed by atoms with van der Waals surface area (Å²) in [5.74, 6) is 0.575. The molecule has 2 saturated heterocycles. The highest BCUT2D eigenvalue weighted by atomic mass is 32.2. The summed E-state index contributed by atoms with van der Waals surface area (Å²) in [5, 5.41) is 0. The zero-order chi connectivity index (χ0) is 17.3. The number of sulfone groups is 1. The average Bonchev–Trinajstić information content (AvgIpc) is 2.95. The molecule has 0 aliphatic carbocycles. The van der Waals surface area contributed by atoms with Crippen LogP contribution in [0.5, 0.6) is 0 Å². The summed E-state index contributed by atoms with van der Waals surface area (Å²) in [6.07, 6.45) is 0. The molecule has 2 fully saturated rings. The Morgan fingerprint density at radius 2 is 1.12 bits per heavy atom. The van der Waals surface area contributed by atoms with Crippen molar-refractivity contribution in [3.8, 4) is 0 Å². The first-order valence-corrected chi connectivity index (χ1v) is 10.7. The molecule has 2 aromatic carbocycles. The largest absolute Gasteiger partial charge is 0.292 e. The summed E-state index contributed by atoms with van der Waals surface area (Å²) in [7, 11) is -2.96. The van der Waals surface area contributed by atoms with Gasteiger partial charge in [-0.1, -0.05) is 60.7 Å². The van der Waals surface area contributed by atoms with Crippen LogP contribution in [0.2, 0.25) is 0 Å². The van der Waals surface area contributed by atoms with Gasteiger partial charge in [0.05, 0.1) is 11.5 Å². The molecule has 0 aromatic heterocycles. The highest BCUT2D eigenvalue weighted by molar-refractivity contribution is 7.91. The second-order valence-corrected chi connectivity index (χ2v) is 9.28. The van der Waals surface area contributed by atoms with Crippen LogP contribution in [0, 0.1) is 0 Å². The first-order chi connectivity index (χ1) is 12.1. The third-order valence-corrected chi connectivity index (χ3v) is 7.06. The van der Waals surface area contributed by atoms with Crippen molar-refractivity contribution in [2.24, 2.45) is 0 Å². The van der Waals surface area contributed by atoms with Crippen LogP contribution in [0.3, 0.4) is 0 Å². The van der Waals surface area contributed by atoms with Gasteiger partial charge in [-0.15, -0.1) is 0 Å². The number of hydrogen-bond acceptors (Lipinski definition) is 4. The molecular formula is C20H24N2O2S. The van der Waals surface area contributed by atoms with E-state index in [-0.39, 0.29) is 23.6 Å². The molecule has 0 bridgehead atoms. The molecule has 0 saturated carbocycles. The van der Waals surface area contributed by atoms with E-state index in [4.69, 9.17) is 0 Å². The van der Waals surface area contributed by atoms with Gasteiger partial charge in [0, 0.05) is 38.3 Å². The fourth-order valence-electron chi connectivity index (χ4n) is 4.13. The third-order valence-electron chi connectivity index (χ3n) is 5.36. The molecule has 0 amide bonds. The summed E-state index contributed by atoms with van der Waals surface area (Å²) in [5.41, 5.74) is 2.50. The third kappa shape index (κ3) is 3.78. The van der Waals surface area contributed by atoms with Crippen LogP contribution in [0.25, 0.3) is 0 Å². The Hall–Kier alpha value is -1.69. The lowest BCUT2D eigenvalue weighted by molar-refractivity contribution is 0.0355. The van der Waals surface area contributed by atoms with E-state index in [1.165, 1.54) is 11.1 Å². The molecule has 2 atom stereocenters. The van der Waals surface area contributed by atoms with Crippen molar-refractivity contribution in [1.82, 2.24) is 9.80 Å². The SMILES string of the molecule is O=S1(=O)C[C@@H]2[C@H](C1)N(Cc1ccccc1)CCN2Cc1ccccc1. The number of fused-ring (bicyclic) bond motifs is 1. The van der Waals surface area contributed by atoms with Gasteiger partial charge in [0.2, 0.25) is 0 Å². The molecule has 2 aliphatic rings. The maximum absolute atomic E-state index is 12.3. The summed E-state index contributed by atoms with van der Waals surface area (Å²) in [6, 6.07) is 20.9. The Kier molecular flexibility index (Phi) is 4.63. The molecule has 5 heteroatoms. The minimum atomic E-state index is -2.96. The number of piperazine rings is 1. The number of rotatable bonds is 4. The van der Waals surface area contributed by atoms with E-state index in [1.807, 2.05) is 36.4 Å². The molecule has 2 heterocycles. The van der Waals surface area contributed by atoms with Gasteiger partial charge in [0.15, 0.2) is 9.84 Å². The topological polar surface area (TPSA) is 40.6 Å². The zero-order valence-corrected chi connectivity index (χ0v) is 15.1. The molecule has 0 unspecified atom stereocenters. The van der Waals surface area contributed by atoms with Crippen LogP contribution in [-0.4, -0.2) is 54.9 Å². The van der Waals surface area contributed by atoms with Crippen molar-refractivity contribution in [1.29, 1.82) is 0 Å². The zero-order valence-electron chi connectivity index (χ0n) is 14.3. The predicted octanol–water partition coefficient (Wildman–Crippen LogP) is 2.17. The van der Waals surface area contributed by atoms with Crippen LogP contribution in [-0.2, 0) is 22.9 Å². The van der Waals surface area contributed by atoms with E-state index in [1.54, 1.807) is 0 Å². The first kappa shape index (κ1) is 16.8. The van der Waals surface area contributed by atoms with E-state index in [0.29, 0.717) is 0 Å². The van der Waals surface area contributed by atoms with Crippen molar-refractivity contribution in [2.75, 3.05) is 24.6 Å². The van der Waals surface area contributed by atoms with Gasteiger partial charge >= 0.3 is 0 Å². The molecule has 0 N–H and O–H groups in total. The quantitative estimate of drug-likeness (QED) is 0.842. The second-order valence-electron chi connectivity index (χ2n) is 7.12. The Balaban J connectivity index is 1.53. The first-order valence-electron chi connectivity index (χ1n) is 8.87. The van der Waals surface area contributed by atoms with Crippen molar-refractivity contribution in [2.45, 2.75) is 25.2 Å². The monoisotopic (exact) mass is 356 g/mol. The van der Waals surface area contributed by atoms with Gasteiger partial charge < -0.3 is 0 Å². The number of hydrogen-bond donors (Lipinski definition) is 0. The Bertz CT molecular complexity index is 745. The van der Waals surface area contributed by atoms with Crippen LogP contribution in [0.4, 0.5) is 0 Å². The van der Waals surface area contributed by atoms with Gasteiger partial charge in [-0.25, -0.2) is 8.42 Å². The lowest BCUT2D eigenvalue weighted by Gasteiger charge is -2.44. The van der Waals surface area contributed by atoms with Gasteiger partial charge in [-0.3, -0.25) is 9.80 Å². The standard InChI is InChI=1S/C20H24N2O2S/c23-25(24)15-19-20(16-25)22(14-18-9-5-2-6-10-18)12-11-21(19)13-17-7-3-1-4-8-17/h1-10,19-20H,11-16H2/t19-,20+. The van der Waals surface area contributed by atoms with Crippen molar-refractivity contribution in [3.05, 3.63) is 71.8 Å². The minimum Gasteiger partial charge on any atom is -0.292 e. The van der Waals surface area contributed by atoms with Crippen LogP contribution in [0.15, 0.2) is 60.7 Å². The van der Waals surface area contributed by atoms with Crippen molar-refractivity contribution < 1.29 is 8.42 Å². The number of nitrogens with zero attached hydrogens (tertiary/aromatic N) is 2. The summed E-state index contributed by atoms with van der Waals surface area (Å²) < 4.78 is 24.7. The van der Waals surface area contributed by atoms with E-state index < -0.39 is 9.84 Å². The maximum Gasteiger partial charge on any atom is 0.153 e. The molecule has 0 spiro atoms. The average molecular weight is 356 g/mol. The normalized spacial score (nSPS) is 26.4. The molecule has 4 nitrogen and oxygen atoms in total. The van der Waals surface area contributed by atoms with E-state index in [2.05, 4.69) is 34.1 Å².